The molecule has 2 heteroatoms. The van der Waals surface area contributed by atoms with Crippen LogP contribution in [0.25, 0.3) is 0 Å². The lowest BCUT2D eigenvalue weighted by molar-refractivity contribution is -0.178. The van der Waals surface area contributed by atoms with Crippen molar-refractivity contribution in [2.24, 2.45) is 40.9 Å². The Balaban J connectivity index is 1.55. The van der Waals surface area contributed by atoms with Crippen LogP contribution in [-0.4, -0.2) is 11.6 Å². The molecule has 0 heterocycles. The van der Waals surface area contributed by atoms with Gasteiger partial charge in [0.1, 0.15) is 5.60 Å². The summed E-state index contributed by atoms with van der Waals surface area (Å²) in [6.07, 6.45) is 10.1. The third kappa shape index (κ3) is 2.30. The molecule has 6 unspecified atom stereocenters. The van der Waals surface area contributed by atoms with Crippen LogP contribution in [0, 0.1) is 40.9 Å². The molecule has 0 aromatic rings. The highest BCUT2D eigenvalue weighted by Gasteiger charge is 2.62. The summed E-state index contributed by atoms with van der Waals surface area (Å²) >= 11 is 0. The molecule has 0 aliphatic heterocycles. The zero-order chi connectivity index (χ0) is 16.4. The minimum Gasteiger partial charge on any atom is -0.459 e. The summed E-state index contributed by atoms with van der Waals surface area (Å²) in [5, 5.41) is 0. The number of hydrogen-bond acceptors (Lipinski definition) is 2. The molecule has 4 rings (SSSR count). The van der Waals surface area contributed by atoms with Gasteiger partial charge in [0, 0.05) is 0 Å². The molecule has 0 radical (unpaired) electrons. The first-order chi connectivity index (χ1) is 10.9. The number of hydrogen-bond donors (Lipinski definition) is 0. The summed E-state index contributed by atoms with van der Waals surface area (Å²) in [5.41, 5.74) is -0.492. The van der Waals surface area contributed by atoms with Crippen LogP contribution in [0.4, 0.5) is 0 Å². The van der Waals surface area contributed by atoms with Gasteiger partial charge >= 0.3 is 5.97 Å². The van der Waals surface area contributed by atoms with Crippen LogP contribution in [0.15, 0.2) is 0 Å². The van der Waals surface area contributed by atoms with Gasteiger partial charge in [0.25, 0.3) is 0 Å². The number of esters is 1. The Bertz CT molecular complexity index is 470. The molecule has 0 N–H and O–H groups in total. The number of fused-ring (bicyclic) bond motifs is 9. The van der Waals surface area contributed by atoms with Crippen LogP contribution in [0.3, 0.4) is 0 Å². The van der Waals surface area contributed by atoms with E-state index in [0.717, 1.165) is 61.2 Å². The summed E-state index contributed by atoms with van der Waals surface area (Å²) in [7, 11) is 0. The molecule has 4 bridgehead atoms. The molecule has 23 heavy (non-hydrogen) atoms. The van der Waals surface area contributed by atoms with Crippen molar-refractivity contribution in [2.45, 2.75) is 84.7 Å². The third-order valence-electron chi connectivity index (χ3n) is 8.40. The fourth-order valence-electron chi connectivity index (χ4n) is 6.88. The number of carbonyl (C=O) groups is 1. The molecule has 4 saturated carbocycles. The molecule has 6 atom stereocenters. The zero-order valence-electron chi connectivity index (χ0n) is 15.4. The first-order valence-corrected chi connectivity index (χ1v) is 10.1. The summed E-state index contributed by atoms with van der Waals surface area (Å²) < 4.78 is 6.28. The zero-order valence-corrected chi connectivity index (χ0v) is 15.4. The molecule has 0 amide bonds. The van der Waals surface area contributed by atoms with E-state index in [1.165, 1.54) is 25.7 Å². The van der Waals surface area contributed by atoms with E-state index in [-0.39, 0.29) is 17.0 Å². The van der Waals surface area contributed by atoms with Gasteiger partial charge in [-0.1, -0.05) is 13.8 Å². The first-order valence-electron chi connectivity index (χ1n) is 10.1. The maximum Gasteiger partial charge on any atom is 0.312 e. The van der Waals surface area contributed by atoms with Crippen molar-refractivity contribution in [2.75, 3.05) is 0 Å². The van der Waals surface area contributed by atoms with E-state index in [9.17, 15) is 4.79 Å². The van der Waals surface area contributed by atoms with Crippen molar-refractivity contribution in [3.05, 3.63) is 0 Å². The van der Waals surface area contributed by atoms with Gasteiger partial charge in [-0.3, -0.25) is 4.79 Å². The largest absolute Gasteiger partial charge is 0.459 e. The highest BCUT2D eigenvalue weighted by atomic mass is 16.6. The lowest BCUT2D eigenvalue weighted by Crippen LogP contribution is -2.44. The number of rotatable bonds is 4. The SMILES string of the molecule is CCC1(OC(=O)C(C)(C)CC)CC2CC(C1)C1C3CCC(C3)C21. The van der Waals surface area contributed by atoms with Crippen LogP contribution in [0.2, 0.25) is 0 Å². The van der Waals surface area contributed by atoms with Gasteiger partial charge in [0.2, 0.25) is 0 Å². The monoisotopic (exact) mass is 318 g/mol. The number of ether oxygens (including phenoxy) is 1. The second kappa shape index (κ2) is 5.23. The maximum atomic E-state index is 12.7. The van der Waals surface area contributed by atoms with Crippen molar-refractivity contribution in [3.63, 3.8) is 0 Å². The highest BCUT2D eigenvalue weighted by molar-refractivity contribution is 5.76. The minimum atomic E-state index is -0.340. The van der Waals surface area contributed by atoms with Crippen molar-refractivity contribution < 1.29 is 9.53 Å². The number of carbonyl (C=O) groups excluding carboxylic acids is 1. The van der Waals surface area contributed by atoms with Crippen molar-refractivity contribution in [3.8, 4) is 0 Å². The lowest BCUT2D eigenvalue weighted by Gasteiger charge is -2.42. The molecule has 130 valence electrons. The van der Waals surface area contributed by atoms with Crippen molar-refractivity contribution in [1.29, 1.82) is 0 Å². The van der Waals surface area contributed by atoms with E-state index >= 15 is 0 Å². The average molecular weight is 319 g/mol. The average Bonchev–Trinajstić information content (AvgIpc) is 3.21. The van der Waals surface area contributed by atoms with Crippen LogP contribution in [0.1, 0.15) is 79.1 Å². The predicted molar refractivity (Wildman–Crippen MR) is 91.8 cm³/mol. The minimum absolute atomic E-state index is 0.0382. The molecular formula is C21H34O2. The van der Waals surface area contributed by atoms with E-state index in [0.29, 0.717) is 0 Å². The Labute approximate surface area is 141 Å². The van der Waals surface area contributed by atoms with E-state index in [1.54, 1.807) is 0 Å². The lowest BCUT2D eigenvalue weighted by atomic mass is 9.72. The van der Waals surface area contributed by atoms with Gasteiger partial charge in [0.15, 0.2) is 0 Å². The molecular weight excluding hydrogens is 284 g/mol. The normalized spacial score (nSPS) is 47.7. The van der Waals surface area contributed by atoms with Gasteiger partial charge in [-0.2, -0.15) is 0 Å². The Kier molecular flexibility index (Phi) is 3.63. The highest BCUT2D eigenvalue weighted by Crippen LogP contribution is 2.67. The van der Waals surface area contributed by atoms with E-state index in [4.69, 9.17) is 4.74 Å². The van der Waals surface area contributed by atoms with Crippen molar-refractivity contribution in [1.82, 2.24) is 0 Å². The second-order valence-corrected chi connectivity index (χ2v) is 9.82. The van der Waals surface area contributed by atoms with Crippen LogP contribution >= 0.6 is 0 Å². The predicted octanol–water partition coefficient (Wildman–Crippen LogP) is 5.21. The molecule has 4 aliphatic rings. The Hall–Kier alpha value is -0.530. The molecule has 0 aromatic carbocycles. The molecule has 0 saturated heterocycles. The van der Waals surface area contributed by atoms with Gasteiger partial charge in [-0.05, 0) is 101 Å². The van der Waals surface area contributed by atoms with E-state index in [1.807, 2.05) is 13.8 Å². The molecule has 4 aliphatic carbocycles. The molecule has 0 spiro atoms. The molecule has 4 fully saturated rings. The summed E-state index contributed by atoms with van der Waals surface area (Å²) in [6.45, 7) is 8.39. The summed E-state index contributed by atoms with van der Waals surface area (Å²) in [6, 6.07) is 0. The van der Waals surface area contributed by atoms with E-state index < -0.39 is 0 Å². The Morgan fingerprint density at radius 1 is 1.00 bits per heavy atom. The van der Waals surface area contributed by atoms with Gasteiger partial charge in [-0.25, -0.2) is 0 Å². The second-order valence-electron chi connectivity index (χ2n) is 9.82. The quantitative estimate of drug-likeness (QED) is 0.525. The molecule has 2 nitrogen and oxygen atoms in total. The maximum absolute atomic E-state index is 12.7. The third-order valence-corrected chi connectivity index (χ3v) is 8.40. The summed E-state index contributed by atoms with van der Waals surface area (Å²) in [5.74, 6) is 5.69. The fraction of sp³-hybridized carbons (Fsp3) is 0.952. The Morgan fingerprint density at radius 2 is 1.52 bits per heavy atom. The van der Waals surface area contributed by atoms with Gasteiger partial charge in [-0.15, -0.1) is 0 Å². The van der Waals surface area contributed by atoms with E-state index in [2.05, 4.69) is 13.8 Å². The first kappa shape index (κ1) is 16.0. The van der Waals surface area contributed by atoms with Crippen LogP contribution in [-0.2, 0) is 9.53 Å². The Morgan fingerprint density at radius 3 is 2.00 bits per heavy atom. The van der Waals surface area contributed by atoms with Crippen molar-refractivity contribution >= 4 is 5.97 Å². The topological polar surface area (TPSA) is 26.3 Å². The van der Waals surface area contributed by atoms with Gasteiger partial charge < -0.3 is 4.74 Å². The summed E-state index contributed by atoms with van der Waals surface area (Å²) in [4.78, 5) is 12.7. The van der Waals surface area contributed by atoms with Crippen LogP contribution in [0.5, 0.6) is 0 Å². The smallest absolute Gasteiger partial charge is 0.312 e. The van der Waals surface area contributed by atoms with Gasteiger partial charge in [0.05, 0.1) is 5.41 Å². The fourth-order valence-corrected chi connectivity index (χ4v) is 6.88. The standard InChI is InChI=1S/C21H34O2/c1-5-20(3,4)19(22)23-21(6-2)11-15-10-16(12-21)18-14-8-7-13(9-14)17(15)18/h13-18H,5-12H2,1-4H3. The molecule has 0 aromatic heterocycles. The van der Waals surface area contributed by atoms with Crippen LogP contribution < -0.4 is 0 Å².